The van der Waals surface area contributed by atoms with Gasteiger partial charge in [0.05, 0.1) is 4.88 Å². The molecule has 0 saturated heterocycles. The van der Waals surface area contributed by atoms with E-state index in [1.54, 1.807) is 16.7 Å². The van der Waals surface area contributed by atoms with Gasteiger partial charge in [0.25, 0.3) is 5.91 Å². The average Bonchev–Trinajstić information content (AvgIpc) is 3.11. The lowest BCUT2D eigenvalue weighted by Crippen LogP contribution is -2.13. The number of hydrogen-bond acceptors (Lipinski definition) is 4. The van der Waals surface area contributed by atoms with E-state index >= 15 is 0 Å². The van der Waals surface area contributed by atoms with Gasteiger partial charge in [-0.2, -0.15) is 0 Å². The van der Waals surface area contributed by atoms with Crippen LogP contribution in [0.4, 0.5) is 5.69 Å². The van der Waals surface area contributed by atoms with Crippen molar-refractivity contribution < 1.29 is 4.79 Å². The molecule has 0 aliphatic heterocycles. The molecule has 1 N–H and O–H groups in total. The van der Waals surface area contributed by atoms with Crippen LogP contribution in [-0.4, -0.2) is 10.9 Å². The van der Waals surface area contributed by atoms with Crippen molar-refractivity contribution in [1.29, 1.82) is 0 Å². The number of carbonyl (C=O) groups is 1. The van der Waals surface area contributed by atoms with Crippen LogP contribution < -0.4 is 5.32 Å². The topological polar surface area (TPSA) is 42.0 Å². The lowest BCUT2D eigenvalue weighted by Gasteiger charge is -2.05. The number of thiophene rings is 1. The van der Waals surface area contributed by atoms with Crippen LogP contribution in [-0.2, 0) is 0 Å². The zero-order valence-corrected chi connectivity index (χ0v) is 12.4. The summed E-state index contributed by atoms with van der Waals surface area (Å²) in [6, 6.07) is 11.7. The maximum Gasteiger partial charge on any atom is 0.275 e. The first-order valence-corrected chi connectivity index (χ1v) is 7.86. The molecule has 0 radical (unpaired) electrons. The lowest BCUT2D eigenvalue weighted by atomic mass is 10.2. The van der Waals surface area contributed by atoms with Gasteiger partial charge in [0.2, 0.25) is 0 Å². The van der Waals surface area contributed by atoms with Gasteiger partial charge in [0.15, 0.2) is 0 Å². The van der Waals surface area contributed by atoms with E-state index in [9.17, 15) is 4.79 Å². The van der Waals surface area contributed by atoms with Crippen molar-refractivity contribution in [2.45, 2.75) is 6.92 Å². The first-order valence-electron chi connectivity index (χ1n) is 6.10. The minimum absolute atomic E-state index is 0.168. The smallest absolute Gasteiger partial charge is 0.275 e. The van der Waals surface area contributed by atoms with Crippen LogP contribution in [0, 0.1) is 6.92 Å². The molecule has 3 nitrogen and oxygen atoms in total. The Hall–Kier alpha value is -1.98. The maximum absolute atomic E-state index is 12.2. The molecule has 3 rings (SSSR count). The normalized spacial score (nSPS) is 10.4. The SMILES string of the molecule is Cc1ccccc1NC(=O)c1csc(-c2cccs2)n1. The molecular weight excluding hydrogens is 288 g/mol. The van der Waals surface area contributed by atoms with E-state index < -0.39 is 0 Å². The summed E-state index contributed by atoms with van der Waals surface area (Å²) in [6.45, 7) is 1.97. The Labute approximate surface area is 124 Å². The third-order valence-corrected chi connectivity index (χ3v) is 4.74. The molecule has 20 heavy (non-hydrogen) atoms. The number of benzene rings is 1. The van der Waals surface area contributed by atoms with Gasteiger partial charge in [0, 0.05) is 11.1 Å². The second kappa shape index (κ2) is 5.56. The lowest BCUT2D eigenvalue weighted by molar-refractivity contribution is 0.102. The molecule has 0 aliphatic rings. The highest BCUT2D eigenvalue weighted by molar-refractivity contribution is 7.20. The predicted octanol–water partition coefficient (Wildman–Crippen LogP) is 4.43. The fourth-order valence-corrected chi connectivity index (χ4v) is 3.41. The van der Waals surface area contributed by atoms with Crippen molar-refractivity contribution in [3.8, 4) is 9.88 Å². The standard InChI is InChI=1S/C15H12N2OS2/c1-10-5-2-3-6-11(10)16-14(18)12-9-20-15(17-12)13-7-4-8-19-13/h2-9H,1H3,(H,16,18). The van der Waals surface area contributed by atoms with Gasteiger partial charge in [-0.15, -0.1) is 22.7 Å². The fraction of sp³-hybridized carbons (Fsp3) is 0.0667. The Morgan fingerprint density at radius 2 is 2.00 bits per heavy atom. The van der Waals surface area contributed by atoms with Gasteiger partial charge >= 0.3 is 0 Å². The second-order valence-corrected chi connectivity index (χ2v) is 6.09. The number of thiazole rings is 1. The van der Waals surface area contributed by atoms with E-state index in [1.807, 2.05) is 48.7 Å². The number of rotatable bonds is 3. The molecule has 0 bridgehead atoms. The molecule has 1 amide bonds. The number of hydrogen-bond donors (Lipinski definition) is 1. The van der Waals surface area contributed by atoms with Gasteiger partial charge in [0.1, 0.15) is 10.7 Å². The predicted molar refractivity (Wildman–Crippen MR) is 84.6 cm³/mol. The first kappa shape index (κ1) is 13.0. The summed E-state index contributed by atoms with van der Waals surface area (Å²) in [7, 11) is 0. The van der Waals surface area contributed by atoms with Crippen molar-refractivity contribution in [3.05, 3.63) is 58.4 Å². The number of amides is 1. The van der Waals surface area contributed by atoms with Crippen molar-refractivity contribution in [3.63, 3.8) is 0 Å². The van der Waals surface area contributed by atoms with Crippen molar-refractivity contribution >= 4 is 34.3 Å². The minimum atomic E-state index is -0.168. The molecule has 100 valence electrons. The van der Waals surface area contributed by atoms with Gasteiger partial charge in [-0.1, -0.05) is 24.3 Å². The third kappa shape index (κ3) is 2.64. The minimum Gasteiger partial charge on any atom is -0.320 e. The largest absolute Gasteiger partial charge is 0.320 e. The quantitative estimate of drug-likeness (QED) is 0.777. The second-order valence-electron chi connectivity index (χ2n) is 4.28. The molecule has 0 fully saturated rings. The molecule has 3 aromatic rings. The Bertz CT molecular complexity index is 732. The van der Waals surface area contributed by atoms with E-state index in [-0.39, 0.29) is 5.91 Å². The first-order chi connectivity index (χ1) is 9.74. The van der Waals surface area contributed by atoms with Crippen LogP contribution in [0.3, 0.4) is 0 Å². The summed E-state index contributed by atoms with van der Waals surface area (Å²) in [5.41, 5.74) is 2.32. The van der Waals surface area contributed by atoms with E-state index in [0.717, 1.165) is 21.1 Å². The van der Waals surface area contributed by atoms with Crippen LogP contribution >= 0.6 is 22.7 Å². The number of nitrogens with zero attached hydrogens (tertiary/aromatic N) is 1. The number of nitrogens with one attached hydrogen (secondary N) is 1. The van der Waals surface area contributed by atoms with Gasteiger partial charge in [-0.3, -0.25) is 4.79 Å². The summed E-state index contributed by atoms with van der Waals surface area (Å²) in [4.78, 5) is 17.7. The molecule has 5 heteroatoms. The summed E-state index contributed by atoms with van der Waals surface area (Å²) in [6.07, 6.45) is 0. The van der Waals surface area contributed by atoms with Crippen LogP contribution in [0.2, 0.25) is 0 Å². The number of aromatic nitrogens is 1. The zero-order chi connectivity index (χ0) is 13.9. The Balaban J connectivity index is 1.80. The van der Waals surface area contributed by atoms with Gasteiger partial charge in [-0.25, -0.2) is 4.98 Å². The molecular formula is C15H12N2OS2. The summed E-state index contributed by atoms with van der Waals surface area (Å²) in [5, 5.41) is 7.58. The highest BCUT2D eigenvalue weighted by atomic mass is 32.1. The van der Waals surface area contributed by atoms with E-state index in [4.69, 9.17) is 0 Å². The van der Waals surface area contributed by atoms with Crippen LogP contribution in [0.15, 0.2) is 47.2 Å². The molecule has 0 aliphatic carbocycles. The molecule has 0 atom stereocenters. The summed E-state index contributed by atoms with van der Waals surface area (Å²) < 4.78 is 0. The maximum atomic E-state index is 12.2. The fourth-order valence-electron chi connectivity index (χ4n) is 1.79. The summed E-state index contributed by atoms with van der Waals surface area (Å²) >= 11 is 3.11. The van der Waals surface area contributed by atoms with E-state index in [2.05, 4.69) is 10.3 Å². The van der Waals surface area contributed by atoms with E-state index in [1.165, 1.54) is 11.3 Å². The van der Waals surface area contributed by atoms with Crippen LogP contribution in [0.1, 0.15) is 16.1 Å². The number of anilines is 1. The Morgan fingerprint density at radius 3 is 2.75 bits per heavy atom. The number of carbonyl (C=O) groups excluding carboxylic acids is 1. The number of para-hydroxylation sites is 1. The van der Waals surface area contributed by atoms with Crippen molar-refractivity contribution in [2.24, 2.45) is 0 Å². The monoisotopic (exact) mass is 300 g/mol. The van der Waals surface area contributed by atoms with Gasteiger partial charge < -0.3 is 5.32 Å². The molecule has 2 heterocycles. The van der Waals surface area contributed by atoms with E-state index in [0.29, 0.717) is 5.69 Å². The molecule has 0 saturated carbocycles. The zero-order valence-electron chi connectivity index (χ0n) is 10.8. The molecule has 1 aromatic carbocycles. The van der Waals surface area contributed by atoms with Crippen molar-refractivity contribution in [1.82, 2.24) is 4.98 Å². The average molecular weight is 300 g/mol. The summed E-state index contributed by atoms with van der Waals surface area (Å²) in [5.74, 6) is -0.168. The highest BCUT2D eigenvalue weighted by Gasteiger charge is 2.13. The highest BCUT2D eigenvalue weighted by Crippen LogP contribution is 2.28. The number of aryl methyl sites for hydroxylation is 1. The van der Waals surface area contributed by atoms with Crippen LogP contribution in [0.25, 0.3) is 9.88 Å². The molecule has 2 aromatic heterocycles. The Morgan fingerprint density at radius 1 is 1.15 bits per heavy atom. The third-order valence-electron chi connectivity index (χ3n) is 2.86. The Kier molecular flexibility index (Phi) is 3.62. The van der Waals surface area contributed by atoms with Crippen LogP contribution in [0.5, 0.6) is 0 Å². The molecule has 0 unspecified atom stereocenters. The van der Waals surface area contributed by atoms with Crippen molar-refractivity contribution in [2.75, 3.05) is 5.32 Å². The van der Waals surface area contributed by atoms with Gasteiger partial charge in [-0.05, 0) is 30.0 Å². The molecule has 0 spiro atoms.